The molecule has 1 aromatic carbocycles. The summed E-state index contributed by atoms with van der Waals surface area (Å²) in [7, 11) is 0. The molecule has 0 aromatic heterocycles. The van der Waals surface area contributed by atoms with Gasteiger partial charge in [0.25, 0.3) is 5.91 Å². The lowest BCUT2D eigenvalue weighted by Gasteiger charge is -2.14. The zero-order valence-electron chi connectivity index (χ0n) is 12.6. The predicted molar refractivity (Wildman–Crippen MR) is 82.1 cm³/mol. The Labute approximate surface area is 140 Å². The second kappa shape index (κ2) is 7.69. The number of likely N-dealkylation sites (tertiary alicyclic amines) is 1. The van der Waals surface area contributed by atoms with E-state index in [9.17, 15) is 27.6 Å². The minimum Gasteiger partial charge on any atom is -0.351 e. The van der Waals surface area contributed by atoms with Crippen molar-refractivity contribution in [1.82, 2.24) is 10.2 Å². The molecular formula is C15H15F3N2O3S. The van der Waals surface area contributed by atoms with Gasteiger partial charge in [0, 0.05) is 30.7 Å². The van der Waals surface area contributed by atoms with Crippen molar-refractivity contribution in [2.75, 3.05) is 12.3 Å². The fourth-order valence-corrected chi connectivity index (χ4v) is 2.61. The van der Waals surface area contributed by atoms with Gasteiger partial charge in [-0.25, -0.2) is 0 Å². The van der Waals surface area contributed by atoms with E-state index in [0.717, 1.165) is 0 Å². The fourth-order valence-electron chi connectivity index (χ4n) is 2.18. The molecule has 24 heavy (non-hydrogen) atoms. The number of alkyl halides is 3. The van der Waals surface area contributed by atoms with E-state index in [1.807, 2.05) is 0 Å². The Hall–Kier alpha value is -2.03. The number of nitrogens with one attached hydrogen (secondary N) is 1. The molecular weight excluding hydrogens is 345 g/mol. The quantitative estimate of drug-likeness (QED) is 0.625. The smallest absolute Gasteiger partial charge is 0.351 e. The first-order valence-electron chi connectivity index (χ1n) is 7.17. The van der Waals surface area contributed by atoms with E-state index in [1.54, 1.807) is 12.1 Å². The number of carbonyl (C=O) groups excluding carboxylic acids is 3. The molecule has 5 nitrogen and oxygen atoms in total. The minimum atomic E-state index is -4.31. The molecule has 130 valence electrons. The number of hydrogen-bond donors (Lipinski definition) is 1. The maximum absolute atomic E-state index is 12.0. The SMILES string of the molecule is O=C(NCCSC(F)(F)F)c1ccc(CN2C(=O)CCC2=O)cc1. The largest absolute Gasteiger partial charge is 0.441 e. The summed E-state index contributed by atoms with van der Waals surface area (Å²) in [5, 5.41) is 2.40. The highest BCUT2D eigenvalue weighted by atomic mass is 32.2. The summed E-state index contributed by atoms with van der Waals surface area (Å²) < 4.78 is 35.9. The molecule has 0 saturated carbocycles. The lowest BCUT2D eigenvalue weighted by atomic mass is 10.1. The van der Waals surface area contributed by atoms with Gasteiger partial charge >= 0.3 is 5.51 Å². The Balaban J connectivity index is 1.84. The van der Waals surface area contributed by atoms with Crippen LogP contribution in [0.1, 0.15) is 28.8 Å². The lowest BCUT2D eigenvalue weighted by molar-refractivity contribution is -0.139. The molecule has 0 aliphatic carbocycles. The van der Waals surface area contributed by atoms with Gasteiger partial charge in [-0.1, -0.05) is 12.1 Å². The van der Waals surface area contributed by atoms with Gasteiger partial charge in [0.1, 0.15) is 0 Å². The number of halogens is 3. The molecule has 3 amide bonds. The van der Waals surface area contributed by atoms with Gasteiger partial charge in [-0.3, -0.25) is 19.3 Å². The molecule has 1 N–H and O–H groups in total. The Bertz CT molecular complexity index is 616. The molecule has 0 bridgehead atoms. The highest BCUT2D eigenvalue weighted by Gasteiger charge is 2.29. The van der Waals surface area contributed by atoms with Crippen molar-refractivity contribution in [3.63, 3.8) is 0 Å². The van der Waals surface area contributed by atoms with Gasteiger partial charge < -0.3 is 5.32 Å². The van der Waals surface area contributed by atoms with Gasteiger partial charge in [0.2, 0.25) is 11.8 Å². The maximum atomic E-state index is 12.0. The Kier molecular flexibility index (Phi) is 5.87. The van der Waals surface area contributed by atoms with E-state index in [-0.39, 0.29) is 55.3 Å². The van der Waals surface area contributed by atoms with Crippen LogP contribution in [0, 0.1) is 0 Å². The molecule has 1 aliphatic rings. The van der Waals surface area contributed by atoms with Crippen molar-refractivity contribution in [3.05, 3.63) is 35.4 Å². The van der Waals surface area contributed by atoms with Crippen molar-refractivity contribution in [3.8, 4) is 0 Å². The normalized spacial score (nSPS) is 15.0. The van der Waals surface area contributed by atoms with Crippen molar-refractivity contribution in [1.29, 1.82) is 0 Å². The lowest BCUT2D eigenvalue weighted by Crippen LogP contribution is -2.28. The van der Waals surface area contributed by atoms with Gasteiger partial charge in [-0.2, -0.15) is 13.2 Å². The first kappa shape index (κ1) is 18.3. The molecule has 1 fully saturated rings. The van der Waals surface area contributed by atoms with Crippen LogP contribution in [0.15, 0.2) is 24.3 Å². The average molecular weight is 360 g/mol. The Morgan fingerprint density at radius 1 is 1.12 bits per heavy atom. The van der Waals surface area contributed by atoms with Crippen LogP contribution >= 0.6 is 11.8 Å². The summed E-state index contributed by atoms with van der Waals surface area (Å²) in [5.41, 5.74) is -3.31. The molecule has 2 rings (SSSR count). The van der Waals surface area contributed by atoms with Crippen LogP contribution in [0.4, 0.5) is 13.2 Å². The molecule has 1 heterocycles. The standard InChI is InChI=1S/C15H15F3N2O3S/c16-15(17,18)24-8-7-19-14(23)11-3-1-10(2-4-11)9-20-12(21)5-6-13(20)22/h1-4H,5-9H2,(H,19,23). The molecule has 1 saturated heterocycles. The number of hydrogen-bond acceptors (Lipinski definition) is 4. The zero-order chi connectivity index (χ0) is 17.7. The summed E-state index contributed by atoms with van der Waals surface area (Å²) in [6.45, 7) is 0.0589. The van der Waals surface area contributed by atoms with Crippen LogP contribution in [0.5, 0.6) is 0 Å². The third-order valence-corrected chi connectivity index (χ3v) is 4.10. The van der Waals surface area contributed by atoms with Crippen molar-refractivity contribution in [2.24, 2.45) is 0 Å². The summed E-state index contributed by atoms with van der Waals surface area (Å²) in [6.07, 6.45) is 0.435. The van der Waals surface area contributed by atoms with Gasteiger partial charge in [-0.15, -0.1) is 0 Å². The van der Waals surface area contributed by atoms with E-state index in [2.05, 4.69) is 5.32 Å². The van der Waals surface area contributed by atoms with Crippen LogP contribution in [0.3, 0.4) is 0 Å². The van der Waals surface area contributed by atoms with Gasteiger partial charge in [0.15, 0.2) is 0 Å². The number of imide groups is 1. The number of benzene rings is 1. The molecule has 0 atom stereocenters. The summed E-state index contributed by atoms with van der Waals surface area (Å²) in [6, 6.07) is 6.23. The highest BCUT2D eigenvalue weighted by molar-refractivity contribution is 8.00. The topological polar surface area (TPSA) is 66.5 Å². The fraction of sp³-hybridized carbons (Fsp3) is 0.400. The zero-order valence-corrected chi connectivity index (χ0v) is 13.4. The first-order valence-corrected chi connectivity index (χ1v) is 8.16. The Morgan fingerprint density at radius 2 is 1.71 bits per heavy atom. The third-order valence-electron chi connectivity index (χ3n) is 3.36. The third kappa shape index (κ3) is 5.26. The van der Waals surface area contributed by atoms with Crippen molar-refractivity contribution in [2.45, 2.75) is 24.9 Å². The van der Waals surface area contributed by atoms with E-state index in [0.29, 0.717) is 11.1 Å². The van der Waals surface area contributed by atoms with Gasteiger partial charge in [-0.05, 0) is 29.5 Å². The van der Waals surface area contributed by atoms with Crippen LogP contribution in [0.25, 0.3) is 0 Å². The number of thioether (sulfide) groups is 1. The van der Waals surface area contributed by atoms with Crippen LogP contribution < -0.4 is 5.32 Å². The number of rotatable bonds is 6. The molecule has 0 radical (unpaired) electrons. The highest BCUT2D eigenvalue weighted by Crippen LogP contribution is 2.29. The summed E-state index contributed by atoms with van der Waals surface area (Å²) in [5.74, 6) is -1.17. The summed E-state index contributed by atoms with van der Waals surface area (Å²) in [4.78, 5) is 36.1. The van der Waals surface area contributed by atoms with E-state index in [1.165, 1.54) is 17.0 Å². The van der Waals surface area contributed by atoms with E-state index < -0.39 is 11.4 Å². The Morgan fingerprint density at radius 3 is 2.25 bits per heavy atom. The van der Waals surface area contributed by atoms with Crippen LogP contribution in [-0.4, -0.2) is 40.4 Å². The van der Waals surface area contributed by atoms with Crippen molar-refractivity contribution >= 4 is 29.5 Å². The van der Waals surface area contributed by atoms with E-state index >= 15 is 0 Å². The van der Waals surface area contributed by atoms with Crippen LogP contribution in [0.2, 0.25) is 0 Å². The molecule has 1 aromatic rings. The number of carbonyl (C=O) groups is 3. The first-order chi connectivity index (χ1) is 11.3. The predicted octanol–water partition coefficient (Wildman–Crippen LogP) is 2.32. The maximum Gasteiger partial charge on any atom is 0.441 e. The molecule has 1 aliphatic heterocycles. The van der Waals surface area contributed by atoms with Gasteiger partial charge in [0.05, 0.1) is 6.54 Å². The number of amides is 3. The minimum absolute atomic E-state index is 0.0957. The molecule has 0 unspecified atom stereocenters. The van der Waals surface area contributed by atoms with E-state index in [4.69, 9.17) is 0 Å². The summed E-state index contributed by atoms with van der Waals surface area (Å²) >= 11 is -0.193. The van der Waals surface area contributed by atoms with Crippen LogP contribution in [-0.2, 0) is 16.1 Å². The second-order valence-corrected chi connectivity index (χ2v) is 6.28. The average Bonchev–Trinajstić information content (AvgIpc) is 2.83. The molecule has 0 spiro atoms. The monoisotopic (exact) mass is 360 g/mol. The second-order valence-electron chi connectivity index (χ2n) is 5.12. The molecule has 9 heteroatoms. The number of nitrogens with zero attached hydrogens (tertiary/aromatic N) is 1. The van der Waals surface area contributed by atoms with Crippen molar-refractivity contribution < 1.29 is 27.6 Å².